The summed E-state index contributed by atoms with van der Waals surface area (Å²) in [5, 5.41) is 2.51. The summed E-state index contributed by atoms with van der Waals surface area (Å²) in [5.41, 5.74) is 10.8. The number of fused-ring (bicyclic) bond motifs is 3. The third kappa shape index (κ3) is 5.61. The van der Waals surface area contributed by atoms with Gasteiger partial charge in [0.2, 0.25) is 0 Å². The molecule has 3 heteroatoms. The van der Waals surface area contributed by atoms with Gasteiger partial charge in [-0.1, -0.05) is 133 Å². The average molecular weight is 580 g/mol. The Hall–Kier alpha value is -5.54. The van der Waals surface area contributed by atoms with Crippen molar-refractivity contribution in [3.05, 3.63) is 180 Å². The van der Waals surface area contributed by atoms with Gasteiger partial charge in [0.05, 0.1) is 33.8 Å². The lowest BCUT2D eigenvalue weighted by Crippen LogP contribution is -2.03. The molecule has 0 atom stereocenters. The van der Waals surface area contributed by atoms with E-state index in [0.717, 1.165) is 57.5 Å². The van der Waals surface area contributed by atoms with Crippen molar-refractivity contribution >= 4 is 44.6 Å². The molecule has 1 aliphatic rings. The van der Waals surface area contributed by atoms with Crippen LogP contribution in [-0.2, 0) is 6.54 Å². The Morgan fingerprint density at radius 3 is 1.16 bits per heavy atom. The first-order valence-corrected chi connectivity index (χ1v) is 15.8. The number of nitrogens with zero attached hydrogens (tertiary/aromatic N) is 3. The highest BCUT2D eigenvalue weighted by Crippen LogP contribution is 2.38. The van der Waals surface area contributed by atoms with Crippen LogP contribution in [0.3, 0.4) is 0 Å². The van der Waals surface area contributed by atoms with Crippen molar-refractivity contribution in [2.45, 2.75) is 19.4 Å². The van der Waals surface area contributed by atoms with Crippen molar-refractivity contribution in [2.24, 2.45) is 15.9 Å². The molecule has 0 bridgehead atoms. The molecular formula is C42H33N3. The van der Waals surface area contributed by atoms with Crippen LogP contribution in [0.5, 0.6) is 0 Å². The Morgan fingerprint density at radius 1 is 0.467 bits per heavy atom. The van der Waals surface area contributed by atoms with Crippen LogP contribution in [0, 0.1) is 5.92 Å². The fourth-order valence-corrected chi connectivity index (χ4v) is 6.20. The molecule has 0 radical (unpaired) electrons. The van der Waals surface area contributed by atoms with E-state index in [-0.39, 0.29) is 0 Å². The molecule has 6 aromatic carbocycles. The van der Waals surface area contributed by atoms with Gasteiger partial charge in [0, 0.05) is 39.6 Å². The SMILES string of the molecule is c1ccc(C(=Nc2ccc3c4ccc(N=C(c5ccccc5)c5ccccc5)cc4n(CC4CC4)c3c2)c2ccccc2)cc1. The third-order valence-corrected chi connectivity index (χ3v) is 8.64. The van der Waals surface area contributed by atoms with E-state index in [1.165, 1.54) is 34.6 Å². The summed E-state index contributed by atoms with van der Waals surface area (Å²) < 4.78 is 2.51. The second-order valence-corrected chi connectivity index (χ2v) is 11.8. The highest BCUT2D eigenvalue weighted by Gasteiger charge is 2.24. The molecule has 1 heterocycles. The number of aromatic nitrogens is 1. The second-order valence-electron chi connectivity index (χ2n) is 11.8. The molecule has 0 saturated heterocycles. The van der Waals surface area contributed by atoms with E-state index >= 15 is 0 Å². The predicted octanol–water partition coefficient (Wildman–Crippen LogP) is 10.5. The first-order chi connectivity index (χ1) is 22.3. The van der Waals surface area contributed by atoms with E-state index in [4.69, 9.17) is 9.98 Å². The number of hydrogen-bond donors (Lipinski definition) is 0. The lowest BCUT2D eigenvalue weighted by molar-refractivity contribution is 0.664. The normalized spacial score (nSPS) is 12.7. The minimum atomic E-state index is 0.719. The largest absolute Gasteiger partial charge is 0.340 e. The number of rotatable bonds is 8. The number of hydrogen-bond acceptors (Lipinski definition) is 2. The maximum absolute atomic E-state index is 5.26. The molecule has 8 rings (SSSR count). The Balaban J connectivity index is 1.28. The van der Waals surface area contributed by atoms with Gasteiger partial charge in [0.15, 0.2) is 0 Å². The summed E-state index contributed by atoms with van der Waals surface area (Å²) in [5.74, 6) is 0.719. The Kier molecular flexibility index (Phi) is 7.13. The Morgan fingerprint density at radius 2 is 0.822 bits per heavy atom. The Bertz CT molecular complexity index is 1920. The van der Waals surface area contributed by atoms with Crippen LogP contribution in [0.1, 0.15) is 35.1 Å². The predicted molar refractivity (Wildman–Crippen MR) is 189 cm³/mol. The average Bonchev–Trinajstić information content (AvgIpc) is 3.89. The lowest BCUT2D eigenvalue weighted by atomic mass is 10.0. The molecule has 3 nitrogen and oxygen atoms in total. The van der Waals surface area contributed by atoms with Crippen molar-refractivity contribution in [1.82, 2.24) is 4.57 Å². The minimum Gasteiger partial charge on any atom is -0.340 e. The highest BCUT2D eigenvalue weighted by atomic mass is 15.0. The molecule has 1 aromatic heterocycles. The second kappa shape index (κ2) is 11.9. The summed E-state index contributed by atoms with van der Waals surface area (Å²) in [6, 6.07) is 55.2. The third-order valence-electron chi connectivity index (χ3n) is 8.64. The zero-order valence-corrected chi connectivity index (χ0v) is 25.1. The molecule has 0 N–H and O–H groups in total. The number of aliphatic imine (C=N–C) groups is 2. The smallest absolute Gasteiger partial charge is 0.0781 e. The van der Waals surface area contributed by atoms with E-state index in [1.54, 1.807) is 0 Å². The van der Waals surface area contributed by atoms with Gasteiger partial charge in [0.1, 0.15) is 0 Å². The fraction of sp³-hybridized carbons (Fsp3) is 0.0952. The van der Waals surface area contributed by atoms with Crippen LogP contribution < -0.4 is 0 Å². The summed E-state index contributed by atoms with van der Waals surface area (Å²) >= 11 is 0. The molecular weight excluding hydrogens is 546 g/mol. The van der Waals surface area contributed by atoms with Crippen LogP contribution in [0.15, 0.2) is 168 Å². The lowest BCUT2D eigenvalue weighted by Gasteiger charge is -2.10. The summed E-state index contributed by atoms with van der Waals surface area (Å²) in [4.78, 5) is 10.5. The van der Waals surface area contributed by atoms with Crippen LogP contribution in [0.2, 0.25) is 0 Å². The van der Waals surface area contributed by atoms with E-state index in [9.17, 15) is 0 Å². The Labute approximate surface area is 263 Å². The molecule has 0 spiro atoms. The topological polar surface area (TPSA) is 29.6 Å². The van der Waals surface area contributed by atoms with Gasteiger partial charge >= 0.3 is 0 Å². The van der Waals surface area contributed by atoms with Crippen molar-refractivity contribution in [3.63, 3.8) is 0 Å². The van der Waals surface area contributed by atoms with E-state index < -0.39 is 0 Å². The highest BCUT2D eigenvalue weighted by molar-refractivity contribution is 6.16. The molecule has 1 saturated carbocycles. The van der Waals surface area contributed by atoms with Gasteiger partial charge in [-0.05, 0) is 43.0 Å². The molecule has 45 heavy (non-hydrogen) atoms. The summed E-state index contributed by atoms with van der Waals surface area (Å²) in [6.45, 7) is 1.01. The molecule has 0 amide bonds. The number of benzene rings is 6. The van der Waals surface area contributed by atoms with Gasteiger partial charge < -0.3 is 4.57 Å². The van der Waals surface area contributed by atoms with Crippen LogP contribution >= 0.6 is 0 Å². The fourth-order valence-electron chi connectivity index (χ4n) is 6.20. The first kappa shape index (κ1) is 27.0. The standard InChI is InChI=1S/C42H33N3/c1-5-13-31(14-6-1)41(32-15-7-2-8-16-32)43-35-23-25-37-38-26-24-36(28-40(38)45(39(37)27-35)29-30-21-22-30)44-42(33-17-9-3-10-18-33)34-19-11-4-12-20-34/h1-20,23-28,30H,21-22,29H2. The van der Waals surface area contributed by atoms with E-state index in [0.29, 0.717) is 0 Å². The summed E-state index contributed by atoms with van der Waals surface area (Å²) in [6.07, 6.45) is 2.57. The van der Waals surface area contributed by atoms with Gasteiger partial charge in [-0.2, -0.15) is 0 Å². The molecule has 1 aliphatic carbocycles. The molecule has 1 fully saturated rings. The zero-order chi connectivity index (χ0) is 30.0. The molecule has 0 aliphatic heterocycles. The van der Waals surface area contributed by atoms with Crippen molar-refractivity contribution in [2.75, 3.05) is 0 Å². The van der Waals surface area contributed by atoms with E-state index in [1.807, 2.05) is 0 Å². The van der Waals surface area contributed by atoms with E-state index in [2.05, 4.69) is 162 Å². The quantitative estimate of drug-likeness (QED) is 0.160. The zero-order valence-electron chi connectivity index (χ0n) is 25.1. The van der Waals surface area contributed by atoms with Crippen LogP contribution in [0.4, 0.5) is 11.4 Å². The maximum Gasteiger partial charge on any atom is 0.0781 e. The van der Waals surface area contributed by atoms with Gasteiger partial charge in [-0.25, -0.2) is 9.98 Å². The first-order valence-electron chi connectivity index (χ1n) is 15.8. The van der Waals surface area contributed by atoms with Crippen molar-refractivity contribution in [1.29, 1.82) is 0 Å². The summed E-state index contributed by atoms with van der Waals surface area (Å²) in [7, 11) is 0. The van der Waals surface area contributed by atoms with Crippen molar-refractivity contribution in [3.8, 4) is 0 Å². The van der Waals surface area contributed by atoms with Gasteiger partial charge in [0.25, 0.3) is 0 Å². The monoisotopic (exact) mass is 579 g/mol. The maximum atomic E-state index is 5.26. The van der Waals surface area contributed by atoms with Crippen molar-refractivity contribution < 1.29 is 0 Å². The molecule has 7 aromatic rings. The molecule has 0 unspecified atom stereocenters. The minimum absolute atomic E-state index is 0.719. The van der Waals surface area contributed by atoms with Gasteiger partial charge in [-0.15, -0.1) is 0 Å². The van der Waals surface area contributed by atoms with Gasteiger partial charge in [-0.3, -0.25) is 0 Å². The van der Waals surface area contributed by atoms with Crippen LogP contribution in [-0.4, -0.2) is 16.0 Å². The molecule has 216 valence electrons. The van der Waals surface area contributed by atoms with Crippen LogP contribution in [0.25, 0.3) is 21.8 Å².